The van der Waals surface area contributed by atoms with E-state index in [1.165, 1.54) is 37.9 Å². The molecular formula is C15H21NO. The van der Waals surface area contributed by atoms with Crippen LogP contribution in [0.3, 0.4) is 0 Å². The summed E-state index contributed by atoms with van der Waals surface area (Å²) in [7, 11) is 1.70. The summed E-state index contributed by atoms with van der Waals surface area (Å²) in [4.78, 5) is 2.51. The van der Waals surface area contributed by atoms with Crippen LogP contribution in [0.4, 0.5) is 0 Å². The lowest BCUT2D eigenvalue weighted by molar-refractivity contribution is 0.252. The van der Waals surface area contributed by atoms with Crippen molar-refractivity contribution in [1.82, 2.24) is 4.90 Å². The van der Waals surface area contributed by atoms with Crippen molar-refractivity contribution in [1.29, 1.82) is 0 Å². The molecule has 1 saturated heterocycles. The molecular weight excluding hydrogens is 210 g/mol. The predicted molar refractivity (Wildman–Crippen MR) is 72.3 cm³/mol. The molecule has 17 heavy (non-hydrogen) atoms. The summed E-state index contributed by atoms with van der Waals surface area (Å²) in [6, 6.07) is 8.17. The lowest BCUT2D eigenvalue weighted by atomic mass is 10.1. The van der Waals surface area contributed by atoms with Crippen molar-refractivity contribution in [2.24, 2.45) is 0 Å². The van der Waals surface area contributed by atoms with Gasteiger partial charge in [-0.05, 0) is 43.6 Å². The highest BCUT2D eigenvalue weighted by molar-refractivity contribution is 5.51. The number of rotatable bonds is 4. The van der Waals surface area contributed by atoms with Gasteiger partial charge in [0.1, 0.15) is 5.75 Å². The van der Waals surface area contributed by atoms with Gasteiger partial charge in [-0.15, -0.1) is 0 Å². The second-order valence-electron chi connectivity index (χ2n) is 4.54. The Morgan fingerprint density at radius 2 is 2.06 bits per heavy atom. The number of hydrogen-bond acceptors (Lipinski definition) is 2. The molecule has 0 unspecified atom stereocenters. The van der Waals surface area contributed by atoms with Gasteiger partial charge >= 0.3 is 0 Å². The minimum Gasteiger partial charge on any atom is -0.497 e. The van der Waals surface area contributed by atoms with E-state index < -0.39 is 0 Å². The highest BCUT2D eigenvalue weighted by Crippen LogP contribution is 2.14. The molecule has 0 aliphatic carbocycles. The maximum Gasteiger partial charge on any atom is 0.119 e. The Bertz CT molecular complexity index is 367. The lowest BCUT2D eigenvalue weighted by Gasteiger charge is -2.24. The minimum absolute atomic E-state index is 0.921. The summed E-state index contributed by atoms with van der Waals surface area (Å²) >= 11 is 0. The molecule has 0 saturated carbocycles. The Morgan fingerprint density at radius 3 is 2.82 bits per heavy atom. The van der Waals surface area contributed by atoms with Gasteiger partial charge in [-0.2, -0.15) is 0 Å². The van der Waals surface area contributed by atoms with Crippen LogP contribution in [0, 0.1) is 0 Å². The Morgan fingerprint density at radius 1 is 1.24 bits per heavy atom. The van der Waals surface area contributed by atoms with Crippen LogP contribution >= 0.6 is 0 Å². The zero-order valence-electron chi connectivity index (χ0n) is 10.6. The van der Waals surface area contributed by atoms with Crippen molar-refractivity contribution in [3.63, 3.8) is 0 Å². The normalized spacial score (nSPS) is 17.5. The Balaban J connectivity index is 1.86. The summed E-state index contributed by atoms with van der Waals surface area (Å²) in [5, 5.41) is 0. The smallest absolute Gasteiger partial charge is 0.119 e. The second kappa shape index (κ2) is 6.45. The third-order valence-electron chi connectivity index (χ3n) is 3.22. The first-order chi connectivity index (χ1) is 8.38. The second-order valence-corrected chi connectivity index (χ2v) is 4.54. The average molecular weight is 231 g/mol. The van der Waals surface area contributed by atoms with Gasteiger partial charge in [0.25, 0.3) is 0 Å². The van der Waals surface area contributed by atoms with Gasteiger partial charge in [0.15, 0.2) is 0 Å². The molecule has 1 aliphatic rings. The van der Waals surface area contributed by atoms with Gasteiger partial charge in [-0.1, -0.05) is 30.7 Å². The van der Waals surface area contributed by atoms with E-state index >= 15 is 0 Å². The average Bonchev–Trinajstić information content (AvgIpc) is 2.40. The van der Waals surface area contributed by atoms with Crippen LogP contribution < -0.4 is 4.74 Å². The van der Waals surface area contributed by atoms with E-state index in [0.29, 0.717) is 0 Å². The molecule has 0 aromatic heterocycles. The van der Waals surface area contributed by atoms with Crippen molar-refractivity contribution in [2.45, 2.75) is 19.3 Å². The van der Waals surface area contributed by atoms with Gasteiger partial charge in [-0.25, -0.2) is 0 Å². The summed E-state index contributed by atoms with van der Waals surface area (Å²) < 4.78 is 5.21. The maximum absolute atomic E-state index is 5.21. The van der Waals surface area contributed by atoms with Crippen LogP contribution in [0.25, 0.3) is 6.08 Å². The zero-order chi connectivity index (χ0) is 11.9. The number of nitrogens with zero attached hydrogens (tertiary/aromatic N) is 1. The van der Waals surface area contributed by atoms with Gasteiger partial charge in [0, 0.05) is 6.54 Å². The summed E-state index contributed by atoms with van der Waals surface area (Å²) in [6.45, 7) is 3.57. The molecule has 0 atom stereocenters. The Labute approximate surface area is 104 Å². The monoisotopic (exact) mass is 231 g/mol. The maximum atomic E-state index is 5.21. The van der Waals surface area contributed by atoms with Crippen molar-refractivity contribution >= 4 is 6.08 Å². The number of piperidine rings is 1. The molecule has 1 aromatic rings. The van der Waals surface area contributed by atoms with Crippen LogP contribution in [-0.2, 0) is 0 Å². The molecule has 0 N–H and O–H groups in total. The van der Waals surface area contributed by atoms with E-state index in [2.05, 4.69) is 29.2 Å². The minimum atomic E-state index is 0.921. The molecule has 2 heteroatoms. The number of likely N-dealkylation sites (tertiary alicyclic amines) is 1. The molecule has 0 radical (unpaired) electrons. The summed E-state index contributed by atoms with van der Waals surface area (Å²) in [5.41, 5.74) is 1.21. The predicted octanol–water partition coefficient (Wildman–Crippen LogP) is 3.19. The van der Waals surface area contributed by atoms with Crippen molar-refractivity contribution in [2.75, 3.05) is 26.7 Å². The summed E-state index contributed by atoms with van der Waals surface area (Å²) in [5.74, 6) is 0.921. The van der Waals surface area contributed by atoms with Crippen molar-refractivity contribution in [3.8, 4) is 5.75 Å². The standard InChI is InChI=1S/C15H21NO/c1-17-15-9-5-7-14(13-15)8-6-12-16-10-3-2-4-11-16/h5-9,13H,2-4,10-12H2,1H3. The van der Waals surface area contributed by atoms with Crippen LogP contribution in [0.1, 0.15) is 24.8 Å². The molecule has 0 spiro atoms. The SMILES string of the molecule is COc1cccc(C=CCN2CCCCC2)c1. The fraction of sp³-hybridized carbons (Fsp3) is 0.467. The quantitative estimate of drug-likeness (QED) is 0.789. The highest BCUT2D eigenvalue weighted by atomic mass is 16.5. The van der Waals surface area contributed by atoms with Crippen LogP contribution in [-0.4, -0.2) is 31.6 Å². The van der Waals surface area contributed by atoms with Crippen LogP contribution in [0.2, 0.25) is 0 Å². The van der Waals surface area contributed by atoms with Gasteiger partial charge in [0.05, 0.1) is 7.11 Å². The first-order valence-electron chi connectivity index (χ1n) is 6.41. The zero-order valence-corrected chi connectivity index (χ0v) is 10.6. The molecule has 2 rings (SSSR count). The molecule has 1 aromatic carbocycles. The van der Waals surface area contributed by atoms with Gasteiger partial charge in [0.2, 0.25) is 0 Å². The van der Waals surface area contributed by atoms with E-state index in [4.69, 9.17) is 4.74 Å². The highest BCUT2D eigenvalue weighted by Gasteiger charge is 2.07. The van der Waals surface area contributed by atoms with E-state index in [1.54, 1.807) is 7.11 Å². The largest absolute Gasteiger partial charge is 0.497 e. The molecule has 1 aliphatic heterocycles. The number of methoxy groups -OCH3 is 1. The summed E-state index contributed by atoms with van der Waals surface area (Å²) in [6.07, 6.45) is 8.54. The number of ether oxygens (including phenoxy) is 1. The van der Waals surface area contributed by atoms with Crippen LogP contribution in [0.15, 0.2) is 30.3 Å². The molecule has 2 nitrogen and oxygen atoms in total. The van der Waals surface area contributed by atoms with E-state index in [9.17, 15) is 0 Å². The lowest BCUT2D eigenvalue weighted by Crippen LogP contribution is -2.29. The van der Waals surface area contributed by atoms with E-state index in [1.807, 2.05) is 12.1 Å². The number of benzene rings is 1. The topological polar surface area (TPSA) is 12.5 Å². The molecule has 0 amide bonds. The molecule has 0 bridgehead atoms. The van der Waals surface area contributed by atoms with E-state index in [-0.39, 0.29) is 0 Å². The van der Waals surface area contributed by atoms with Crippen molar-refractivity contribution in [3.05, 3.63) is 35.9 Å². The fourth-order valence-corrected chi connectivity index (χ4v) is 2.23. The Hall–Kier alpha value is -1.28. The van der Waals surface area contributed by atoms with E-state index in [0.717, 1.165) is 12.3 Å². The van der Waals surface area contributed by atoms with Crippen molar-refractivity contribution < 1.29 is 4.74 Å². The molecule has 1 heterocycles. The third-order valence-corrected chi connectivity index (χ3v) is 3.22. The first kappa shape index (κ1) is 12.2. The number of hydrogen-bond donors (Lipinski definition) is 0. The van der Waals surface area contributed by atoms with Gasteiger partial charge in [-0.3, -0.25) is 4.90 Å². The first-order valence-corrected chi connectivity index (χ1v) is 6.41. The Kier molecular flexibility index (Phi) is 4.63. The molecule has 92 valence electrons. The van der Waals surface area contributed by atoms with Crippen LogP contribution in [0.5, 0.6) is 5.75 Å². The molecule has 1 fully saturated rings. The van der Waals surface area contributed by atoms with Gasteiger partial charge < -0.3 is 4.74 Å². The third kappa shape index (κ3) is 3.90. The fourth-order valence-electron chi connectivity index (χ4n) is 2.23.